The molecule has 2 heterocycles. The summed E-state index contributed by atoms with van der Waals surface area (Å²) in [5.74, 6) is -7.30. The Bertz CT molecular complexity index is 974. The molecule has 0 bridgehead atoms. The Kier molecular flexibility index (Phi) is 4.80. The van der Waals surface area contributed by atoms with Gasteiger partial charge in [0, 0.05) is 0 Å². The number of aromatic nitrogens is 2. The van der Waals surface area contributed by atoms with E-state index in [0.717, 1.165) is 0 Å². The molecule has 10 heteroatoms. The van der Waals surface area contributed by atoms with Crippen LogP contribution in [-0.4, -0.2) is 66.8 Å². The van der Waals surface area contributed by atoms with E-state index in [4.69, 9.17) is 9.47 Å². The third-order valence-electron chi connectivity index (χ3n) is 4.93. The zero-order chi connectivity index (χ0) is 20.9. The van der Waals surface area contributed by atoms with Crippen molar-refractivity contribution in [3.8, 4) is 11.6 Å². The molecular formula is C18H22F2N4O4. The third kappa shape index (κ3) is 2.71. The number of benzene rings is 1. The lowest BCUT2D eigenvalue weighted by Crippen LogP contribution is -2.73. The zero-order valence-corrected chi connectivity index (χ0v) is 16.2. The minimum absolute atomic E-state index is 0.181. The molecule has 2 N–H and O–H groups in total. The first kappa shape index (κ1) is 20.0. The van der Waals surface area contributed by atoms with E-state index in [1.54, 1.807) is 0 Å². The van der Waals surface area contributed by atoms with Crippen LogP contribution in [-0.2, 0) is 0 Å². The van der Waals surface area contributed by atoms with E-state index >= 15 is 8.78 Å². The zero-order valence-electron chi connectivity index (χ0n) is 16.2. The number of aromatic amines is 2. The topological polar surface area (TPSA) is 90.7 Å². The lowest BCUT2D eigenvalue weighted by molar-refractivity contribution is -0.306. The number of H-pyrrole nitrogens is 2. The second kappa shape index (κ2) is 6.71. The highest BCUT2D eigenvalue weighted by atomic mass is 19.3. The highest BCUT2D eigenvalue weighted by molar-refractivity contribution is 5.44. The summed E-state index contributed by atoms with van der Waals surface area (Å²) in [7, 11) is 7.22. The van der Waals surface area contributed by atoms with Crippen molar-refractivity contribution in [1.29, 1.82) is 0 Å². The van der Waals surface area contributed by atoms with Gasteiger partial charge in [-0.05, 0) is 45.9 Å². The maximum Gasteiger partial charge on any atom is 0.328 e. The molecule has 0 radical (unpaired) electrons. The fourth-order valence-corrected chi connectivity index (χ4v) is 3.75. The lowest BCUT2D eigenvalue weighted by atomic mass is 9.81. The van der Waals surface area contributed by atoms with Crippen LogP contribution >= 0.6 is 0 Å². The number of fused-ring (bicyclic) bond motifs is 1. The molecule has 0 saturated carbocycles. The normalized spacial score (nSPS) is 20.0. The molecule has 152 valence electrons. The number of hydrogen-bond acceptors (Lipinski definition) is 6. The summed E-state index contributed by atoms with van der Waals surface area (Å²) in [6, 6.07) is 6.00. The number of methoxy groups -OCH3 is 1. The molecule has 8 nitrogen and oxygen atoms in total. The van der Waals surface area contributed by atoms with Crippen molar-refractivity contribution in [3.63, 3.8) is 0 Å². The molecule has 1 aromatic carbocycles. The second-order valence-electron chi connectivity index (χ2n) is 6.98. The molecule has 0 spiro atoms. The van der Waals surface area contributed by atoms with Gasteiger partial charge in [-0.2, -0.15) is 8.78 Å². The van der Waals surface area contributed by atoms with Crippen LogP contribution in [0.1, 0.15) is 17.0 Å². The van der Waals surface area contributed by atoms with Crippen LogP contribution in [0.5, 0.6) is 11.6 Å². The fraction of sp³-hybridized carbons (Fsp3) is 0.444. The van der Waals surface area contributed by atoms with Gasteiger partial charge in [-0.3, -0.25) is 24.6 Å². The van der Waals surface area contributed by atoms with Gasteiger partial charge in [0.05, 0.1) is 18.6 Å². The van der Waals surface area contributed by atoms with Gasteiger partial charge >= 0.3 is 11.6 Å². The third-order valence-corrected chi connectivity index (χ3v) is 4.93. The van der Waals surface area contributed by atoms with Crippen molar-refractivity contribution < 1.29 is 18.3 Å². The van der Waals surface area contributed by atoms with Crippen molar-refractivity contribution in [2.75, 3.05) is 35.3 Å². The van der Waals surface area contributed by atoms with Gasteiger partial charge in [0.2, 0.25) is 5.88 Å². The maximum absolute atomic E-state index is 16.0. The van der Waals surface area contributed by atoms with Crippen molar-refractivity contribution in [1.82, 2.24) is 19.8 Å². The quantitative estimate of drug-likeness (QED) is 0.750. The van der Waals surface area contributed by atoms with Crippen LogP contribution in [0.25, 0.3) is 0 Å². The Morgan fingerprint density at radius 2 is 1.61 bits per heavy atom. The highest BCUT2D eigenvalue weighted by Gasteiger charge is 2.68. The summed E-state index contributed by atoms with van der Waals surface area (Å²) in [6.07, 6.45) is 0. The average molecular weight is 396 g/mol. The highest BCUT2D eigenvalue weighted by Crippen LogP contribution is 2.53. The van der Waals surface area contributed by atoms with E-state index in [1.165, 1.54) is 69.4 Å². The van der Waals surface area contributed by atoms with E-state index in [-0.39, 0.29) is 17.0 Å². The van der Waals surface area contributed by atoms with Crippen molar-refractivity contribution in [3.05, 3.63) is 56.2 Å². The first-order chi connectivity index (χ1) is 13.1. The molecule has 28 heavy (non-hydrogen) atoms. The predicted octanol–water partition coefficient (Wildman–Crippen LogP) is 1.01. The molecule has 0 aliphatic carbocycles. The van der Waals surface area contributed by atoms with Gasteiger partial charge in [-0.25, -0.2) is 4.79 Å². The minimum atomic E-state index is -3.58. The maximum atomic E-state index is 16.0. The van der Waals surface area contributed by atoms with Crippen molar-refractivity contribution in [2.45, 2.75) is 17.7 Å². The van der Waals surface area contributed by atoms with Gasteiger partial charge in [0.15, 0.2) is 0 Å². The largest absolute Gasteiger partial charge is 0.497 e. The predicted molar refractivity (Wildman–Crippen MR) is 98.2 cm³/mol. The molecule has 0 saturated heterocycles. The van der Waals surface area contributed by atoms with Crippen LogP contribution in [0.4, 0.5) is 8.78 Å². The molecule has 1 unspecified atom stereocenters. The summed E-state index contributed by atoms with van der Waals surface area (Å²) >= 11 is 0. The van der Waals surface area contributed by atoms with Gasteiger partial charge in [0.25, 0.3) is 11.4 Å². The number of hydrogen-bond donors (Lipinski definition) is 2. The molecule has 2 aromatic rings. The molecule has 1 aliphatic rings. The molecule has 0 amide bonds. The average Bonchev–Trinajstić information content (AvgIpc) is 2.61. The van der Waals surface area contributed by atoms with Gasteiger partial charge in [0.1, 0.15) is 5.75 Å². The number of ether oxygens (including phenoxy) is 2. The minimum Gasteiger partial charge on any atom is -0.497 e. The Morgan fingerprint density at radius 3 is 2.11 bits per heavy atom. The van der Waals surface area contributed by atoms with Crippen LogP contribution in [0, 0.1) is 0 Å². The van der Waals surface area contributed by atoms with Crippen LogP contribution in [0.2, 0.25) is 0 Å². The molecular weight excluding hydrogens is 374 g/mol. The van der Waals surface area contributed by atoms with E-state index in [1.807, 2.05) is 4.98 Å². The Balaban J connectivity index is 2.37. The Hall–Kier alpha value is -2.72. The number of nitrogens with one attached hydrogen (secondary N) is 2. The van der Waals surface area contributed by atoms with E-state index in [0.29, 0.717) is 5.75 Å². The van der Waals surface area contributed by atoms with Gasteiger partial charge in [-0.15, -0.1) is 0 Å². The smallest absolute Gasteiger partial charge is 0.328 e. The summed E-state index contributed by atoms with van der Waals surface area (Å²) in [5.41, 5.74) is -1.92. The Labute approximate surface area is 159 Å². The molecule has 1 aromatic heterocycles. The van der Waals surface area contributed by atoms with Gasteiger partial charge in [-0.1, -0.05) is 12.1 Å². The summed E-state index contributed by atoms with van der Waals surface area (Å²) < 4.78 is 42.8. The van der Waals surface area contributed by atoms with E-state index in [2.05, 4.69) is 4.98 Å². The Morgan fingerprint density at radius 1 is 1.04 bits per heavy atom. The van der Waals surface area contributed by atoms with Gasteiger partial charge < -0.3 is 9.47 Å². The SMILES string of the molecule is COc1ccc(C2c3c([nH]c(=O)[nH]c3=O)OC(N(C)C)(N(C)C)C2(F)F)cc1. The number of rotatable bonds is 4. The molecule has 1 atom stereocenters. The van der Waals surface area contributed by atoms with Crippen LogP contribution < -0.4 is 20.7 Å². The summed E-state index contributed by atoms with van der Waals surface area (Å²) in [4.78, 5) is 31.1. The first-order valence-electron chi connectivity index (χ1n) is 8.48. The summed E-state index contributed by atoms with van der Waals surface area (Å²) in [5, 5.41) is 0. The van der Waals surface area contributed by atoms with E-state index in [9.17, 15) is 9.59 Å². The fourth-order valence-electron chi connectivity index (χ4n) is 3.75. The van der Waals surface area contributed by atoms with E-state index < -0.39 is 28.9 Å². The summed E-state index contributed by atoms with van der Waals surface area (Å²) in [6.45, 7) is 0. The molecule has 3 rings (SSSR count). The second-order valence-corrected chi connectivity index (χ2v) is 6.98. The number of alkyl halides is 2. The molecule has 0 fully saturated rings. The lowest BCUT2D eigenvalue weighted by Gasteiger charge is -2.53. The van der Waals surface area contributed by atoms with Crippen LogP contribution in [0.3, 0.4) is 0 Å². The molecule has 1 aliphatic heterocycles. The van der Waals surface area contributed by atoms with Crippen molar-refractivity contribution in [2.24, 2.45) is 0 Å². The number of halogens is 2. The standard InChI is InChI=1S/C18H22F2N4O4/c1-23(2)18(24(3)4)17(19,20)13(10-6-8-11(27-5)9-7-10)12-14(25)21-16(26)22-15(12)28-18/h6-9,13H,1-5H3,(H2,21,22,25,26). The first-order valence-corrected chi connectivity index (χ1v) is 8.48. The van der Waals surface area contributed by atoms with Crippen LogP contribution in [0.15, 0.2) is 33.9 Å². The van der Waals surface area contributed by atoms with Crippen molar-refractivity contribution >= 4 is 0 Å². The number of nitrogens with zero attached hydrogens (tertiary/aromatic N) is 2. The monoisotopic (exact) mass is 396 g/mol.